The molecule has 0 radical (unpaired) electrons. The molecule has 13 nitrogen and oxygen atoms in total. The first kappa shape index (κ1) is 50.9. The van der Waals surface area contributed by atoms with E-state index in [0.29, 0.717) is 32.0 Å². The van der Waals surface area contributed by atoms with Crippen molar-refractivity contribution in [1.29, 1.82) is 0 Å². The number of aromatic nitrogens is 1. The first-order valence-electron chi connectivity index (χ1n) is 22.1. The van der Waals surface area contributed by atoms with E-state index in [1.54, 1.807) is 32.4 Å². The van der Waals surface area contributed by atoms with Gasteiger partial charge in [0.2, 0.25) is 23.6 Å². The van der Waals surface area contributed by atoms with Crippen molar-refractivity contribution >= 4 is 35.0 Å². The molecule has 14 heteroatoms. The van der Waals surface area contributed by atoms with E-state index < -0.39 is 36.3 Å². The van der Waals surface area contributed by atoms with Gasteiger partial charge in [-0.1, -0.05) is 99.1 Å². The molecule has 0 spiro atoms. The van der Waals surface area contributed by atoms with E-state index in [-0.39, 0.29) is 59.9 Å². The molecule has 4 amide bonds. The Morgan fingerprint density at radius 1 is 0.933 bits per heavy atom. The molecule has 3 N–H and O–H groups in total. The lowest BCUT2D eigenvalue weighted by molar-refractivity contribution is -0.148. The van der Waals surface area contributed by atoms with Crippen LogP contribution in [-0.4, -0.2) is 134 Å². The second-order valence-corrected chi connectivity index (χ2v) is 18.6. The van der Waals surface area contributed by atoms with Crippen molar-refractivity contribution < 1.29 is 28.7 Å². The van der Waals surface area contributed by atoms with Crippen LogP contribution in [0, 0.1) is 23.7 Å². The maximum absolute atomic E-state index is 14.5. The molecule has 0 unspecified atom stereocenters. The van der Waals surface area contributed by atoms with Gasteiger partial charge in [-0.25, -0.2) is 4.98 Å². The predicted octanol–water partition coefficient (Wildman–Crippen LogP) is 5.56. The zero-order chi connectivity index (χ0) is 44.7. The van der Waals surface area contributed by atoms with Gasteiger partial charge in [-0.3, -0.25) is 24.1 Å². The highest BCUT2D eigenvalue weighted by atomic mass is 32.1. The van der Waals surface area contributed by atoms with Crippen LogP contribution in [0.3, 0.4) is 0 Å². The number of nitrogens with zero attached hydrogens (tertiary/aromatic N) is 4. The molecule has 1 aliphatic heterocycles. The second-order valence-electron chi connectivity index (χ2n) is 17.7. The first-order valence-corrected chi connectivity index (χ1v) is 22.9. The molecule has 0 aliphatic carbocycles. The molecule has 1 saturated heterocycles. The Morgan fingerprint density at radius 3 is 2.17 bits per heavy atom. The molecule has 338 valence electrons. The van der Waals surface area contributed by atoms with Crippen LogP contribution < -0.4 is 16.0 Å². The molecule has 9 atom stereocenters. The lowest BCUT2D eigenvalue weighted by Crippen LogP contribution is -2.60. The molecule has 2 heterocycles. The van der Waals surface area contributed by atoms with Crippen LogP contribution in [0.2, 0.25) is 0 Å². The zero-order valence-corrected chi connectivity index (χ0v) is 39.6. The smallest absolute Gasteiger partial charge is 0.245 e. The van der Waals surface area contributed by atoms with Gasteiger partial charge in [0, 0.05) is 58.5 Å². The van der Waals surface area contributed by atoms with Gasteiger partial charge in [-0.05, 0) is 49.6 Å². The predicted molar refractivity (Wildman–Crippen MR) is 240 cm³/mol. The van der Waals surface area contributed by atoms with Crippen LogP contribution in [0.4, 0.5) is 0 Å². The average Bonchev–Trinajstić information content (AvgIpc) is 3.93. The number of benzene rings is 1. The van der Waals surface area contributed by atoms with Gasteiger partial charge < -0.3 is 35.2 Å². The summed E-state index contributed by atoms with van der Waals surface area (Å²) in [6.45, 7) is 20.1. The van der Waals surface area contributed by atoms with Gasteiger partial charge >= 0.3 is 0 Å². The minimum atomic E-state index is -0.772. The molecule has 0 bridgehead atoms. The van der Waals surface area contributed by atoms with E-state index in [1.807, 2.05) is 87.2 Å². The highest BCUT2D eigenvalue weighted by molar-refractivity contribution is 7.09. The summed E-state index contributed by atoms with van der Waals surface area (Å²) in [5, 5.41) is 12.5. The highest BCUT2D eigenvalue weighted by Gasteiger charge is 2.43. The fourth-order valence-corrected chi connectivity index (χ4v) is 9.41. The minimum Gasteiger partial charge on any atom is -0.379 e. The topological polar surface area (TPSA) is 145 Å². The Morgan fingerprint density at radius 2 is 1.62 bits per heavy atom. The second kappa shape index (κ2) is 24.9. The minimum absolute atomic E-state index is 0.0188. The van der Waals surface area contributed by atoms with Crippen LogP contribution in [0.1, 0.15) is 105 Å². The molecule has 0 saturated carbocycles. The number of thiazole rings is 1. The number of amides is 4. The van der Waals surface area contributed by atoms with Gasteiger partial charge in [0.1, 0.15) is 11.0 Å². The van der Waals surface area contributed by atoms with Crippen LogP contribution in [0.5, 0.6) is 0 Å². The monoisotopic (exact) mass is 856 g/mol. The molecule has 1 aliphatic rings. The SMILES string of the molecule is CC[C@H](C)[C@@H]([C@@H](CC(=O)N1CCC[C@H]1[C@H](OC)[C@@H](C)C(=O)N[C@@H](Cc1ccccc1)c1nccs1)OC)N(C)C(=O)[C@@H](NC(=O)[C@H](C(C)C)N(C)CCNC(C)C)C(C)C. The number of likely N-dealkylation sites (N-methyl/N-ethyl adjacent to an activating group) is 2. The Bertz CT molecular complexity index is 1590. The third-order valence-corrected chi connectivity index (χ3v) is 13.1. The third-order valence-electron chi connectivity index (χ3n) is 12.2. The summed E-state index contributed by atoms with van der Waals surface area (Å²) < 4.78 is 12.2. The van der Waals surface area contributed by atoms with Gasteiger partial charge in [-0.15, -0.1) is 11.3 Å². The molecule has 1 aromatic carbocycles. The number of ether oxygens (including phenoxy) is 2. The number of hydrogen-bond donors (Lipinski definition) is 3. The van der Waals surface area contributed by atoms with Gasteiger partial charge in [0.25, 0.3) is 0 Å². The van der Waals surface area contributed by atoms with Crippen LogP contribution in [0.15, 0.2) is 41.9 Å². The van der Waals surface area contributed by atoms with Crippen molar-refractivity contribution in [2.75, 3.05) is 47.9 Å². The Balaban J connectivity index is 1.78. The average molecular weight is 856 g/mol. The quantitative estimate of drug-likeness (QED) is 0.117. The fraction of sp³-hybridized carbons (Fsp3) is 0.717. The molecule has 60 heavy (non-hydrogen) atoms. The number of methoxy groups -OCH3 is 2. The van der Waals surface area contributed by atoms with Crippen molar-refractivity contribution in [3.05, 3.63) is 52.5 Å². The summed E-state index contributed by atoms with van der Waals surface area (Å²) >= 11 is 1.51. The van der Waals surface area contributed by atoms with E-state index in [2.05, 4.69) is 48.6 Å². The van der Waals surface area contributed by atoms with E-state index >= 15 is 0 Å². The van der Waals surface area contributed by atoms with Crippen molar-refractivity contribution in [2.24, 2.45) is 23.7 Å². The first-order chi connectivity index (χ1) is 28.5. The van der Waals surface area contributed by atoms with Gasteiger partial charge in [0.05, 0.1) is 48.7 Å². The van der Waals surface area contributed by atoms with E-state index in [9.17, 15) is 19.2 Å². The Labute approximate surface area is 365 Å². The van der Waals surface area contributed by atoms with Gasteiger partial charge in [0.15, 0.2) is 0 Å². The van der Waals surface area contributed by atoms with Crippen LogP contribution >= 0.6 is 11.3 Å². The number of hydrogen-bond acceptors (Lipinski definition) is 10. The number of carbonyl (C=O) groups is 4. The number of likely N-dealkylation sites (tertiary alicyclic amines) is 1. The summed E-state index contributed by atoms with van der Waals surface area (Å²) in [6.07, 6.45) is 3.45. The summed E-state index contributed by atoms with van der Waals surface area (Å²) in [5.41, 5.74) is 1.09. The molecule has 2 aromatic rings. The lowest BCUT2D eigenvalue weighted by atomic mass is 9.89. The zero-order valence-electron chi connectivity index (χ0n) is 38.8. The van der Waals surface area contributed by atoms with E-state index in [4.69, 9.17) is 9.47 Å². The molecule has 3 rings (SSSR count). The van der Waals surface area contributed by atoms with Crippen molar-refractivity contribution in [2.45, 2.75) is 143 Å². The molecule has 1 aromatic heterocycles. The summed E-state index contributed by atoms with van der Waals surface area (Å²) in [6, 6.07) is 8.11. The highest BCUT2D eigenvalue weighted by Crippen LogP contribution is 2.30. The van der Waals surface area contributed by atoms with Crippen LogP contribution in [0.25, 0.3) is 0 Å². The van der Waals surface area contributed by atoms with E-state index in [0.717, 1.165) is 30.0 Å². The Hall–Kier alpha value is -3.43. The largest absolute Gasteiger partial charge is 0.379 e. The lowest BCUT2D eigenvalue weighted by Gasteiger charge is -2.41. The summed E-state index contributed by atoms with van der Waals surface area (Å²) in [7, 11) is 6.90. The van der Waals surface area contributed by atoms with Crippen molar-refractivity contribution in [1.82, 2.24) is 35.6 Å². The number of rotatable bonds is 25. The fourth-order valence-electron chi connectivity index (χ4n) is 8.72. The van der Waals surface area contributed by atoms with Crippen LogP contribution in [-0.2, 0) is 35.1 Å². The van der Waals surface area contributed by atoms with E-state index in [1.165, 1.54) is 11.3 Å². The summed E-state index contributed by atoms with van der Waals surface area (Å²) in [5.74, 6) is -1.41. The normalized spacial score (nSPS) is 18.6. The Kier molecular flexibility index (Phi) is 21.1. The third kappa shape index (κ3) is 14.1. The molecular formula is C46H77N7O6S. The van der Waals surface area contributed by atoms with Crippen molar-refractivity contribution in [3.8, 4) is 0 Å². The summed E-state index contributed by atoms with van der Waals surface area (Å²) in [4.78, 5) is 66.9. The maximum Gasteiger partial charge on any atom is 0.245 e. The maximum atomic E-state index is 14.5. The standard InChI is InChI=1S/C46H77N7O6S/c1-14-32(8)41(52(11)46(57)39(29(2)3)50-44(56)40(30(4)5)51(10)25-22-47-31(6)7)37(58-12)28-38(54)53-24-18-21-36(53)42(59-13)33(9)43(55)49-35(45-48-23-26-60-45)27-34-19-16-15-17-20-34/h15-17,19-20,23,26,29-33,35-37,39-42,47H,14,18,21-22,24-25,27-28H2,1-13H3,(H,49,55)(H,50,56)/t32-,33+,35-,36-,37+,39-,40-,41-,42+/m0/s1. The number of nitrogens with one attached hydrogen (secondary N) is 3. The molecular weight excluding hydrogens is 779 g/mol. The van der Waals surface area contributed by atoms with Crippen molar-refractivity contribution in [3.63, 3.8) is 0 Å². The molecule has 1 fully saturated rings. The van der Waals surface area contributed by atoms with Gasteiger partial charge in [-0.2, -0.15) is 0 Å². The number of carbonyl (C=O) groups excluding carboxylic acids is 4.